The second-order valence-corrected chi connectivity index (χ2v) is 5.57. The lowest BCUT2D eigenvalue weighted by Crippen LogP contribution is -2.42. The van der Waals surface area contributed by atoms with Crippen LogP contribution in [0.2, 0.25) is 0 Å². The van der Waals surface area contributed by atoms with Crippen LogP contribution >= 0.6 is 0 Å². The molecule has 0 bridgehead atoms. The number of aliphatic hydroxyl groups is 1. The normalized spacial score (nSPS) is 27.9. The van der Waals surface area contributed by atoms with Crippen LogP contribution in [0, 0.1) is 0 Å². The van der Waals surface area contributed by atoms with Crippen molar-refractivity contribution in [3.05, 3.63) is 23.8 Å². The second kappa shape index (κ2) is 4.81. The molecule has 1 fully saturated rings. The highest BCUT2D eigenvalue weighted by atomic mass is 16.3. The van der Waals surface area contributed by atoms with Crippen LogP contribution in [0.5, 0.6) is 0 Å². The van der Waals surface area contributed by atoms with E-state index in [1.54, 1.807) is 0 Å². The SMILES string of the molecule is Nc1cccc2c1N(C1CCCCCC1O)CC2. The third kappa shape index (κ3) is 1.97. The van der Waals surface area contributed by atoms with Crippen molar-refractivity contribution in [2.24, 2.45) is 0 Å². The molecule has 3 N–H and O–H groups in total. The number of fused-ring (bicyclic) bond motifs is 1. The van der Waals surface area contributed by atoms with Gasteiger partial charge in [-0.2, -0.15) is 0 Å². The molecule has 2 unspecified atom stereocenters. The van der Waals surface area contributed by atoms with Gasteiger partial charge in [-0.15, -0.1) is 0 Å². The number of nitrogen functional groups attached to an aromatic ring is 1. The molecule has 2 atom stereocenters. The Balaban J connectivity index is 1.90. The van der Waals surface area contributed by atoms with E-state index < -0.39 is 0 Å². The largest absolute Gasteiger partial charge is 0.397 e. The highest BCUT2D eigenvalue weighted by Crippen LogP contribution is 2.37. The summed E-state index contributed by atoms with van der Waals surface area (Å²) in [4.78, 5) is 2.36. The molecule has 0 aromatic heterocycles. The Morgan fingerprint density at radius 1 is 1.17 bits per heavy atom. The lowest BCUT2D eigenvalue weighted by atomic mass is 10.0. The van der Waals surface area contributed by atoms with Crippen molar-refractivity contribution in [3.8, 4) is 0 Å². The van der Waals surface area contributed by atoms with Crippen molar-refractivity contribution in [1.82, 2.24) is 0 Å². The standard InChI is InChI=1S/C15H22N2O/c16-12-6-4-5-11-9-10-17(15(11)12)13-7-2-1-3-8-14(13)18/h4-6,13-14,18H,1-3,7-10,16H2. The Morgan fingerprint density at radius 2 is 2.00 bits per heavy atom. The predicted molar refractivity (Wildman–Crippen MR) is 74.8 cm³/mol. The fraction of sp³-hybridized carbons (Fsp3) is 0.600. The number of nitrogens with zero attached hydrogens (tertiary/aromatic N) is 1. The molecule has 2 aliphatic rings. The molecular weight excluding hydrogens is 224 g/mol. The summed E-state index contributed by atoms with van der Waals surface area (Å²) in [6, 6.07) is 6.43. The first-order valence-corrected chi connectivity index (χ1v) is 7.09. The summed E-state index contributed by atoms with van der Waals surface area (Å²) in [5.74, 6) is 0. The first-order valence-electron chi connectivity index (χ1n) is 7.09. The van der Waals surface area contributed by atoms with Crippen LogP contribution in [-0.4, -0.2) is 23.8 Å². The van der Waals surface area contributed by atoms with Crippen molar-refractivity contribution in [2.75, 3.05) is 17.2 Å². The highest BCUT2D eigenvalue weighted by molar-refractivity contribution is 5.74. The van der Waals surface area contributed by atoms with Gasteiger partial charge in [0.2, 0.25) is 0 Å². The average molecular weight is 246 g/mol. The minimum absolute atomic E-state index is 0.196. The Kier molecular flexibility index (Phi) is 3.16. The number of para-hydroxylation sites is 1. The molecule has 3 nitrogen and oxygen atoms in total. The summed E-state index contributed by atoms with van der Waals surface area (Å²) < 4.78 is 0. The summed E-state index contributed by atoms with van der Waals surface area (Å²) in [6.45, 7) is 1.01. The number of rotatable bonds is 1. The van der Waals surface area contributed by atoms with E-state index in [0.717, 1.165) is 37.9 Å². The highest BCUT2D eigenvalue weighted by Gasteiger charge is 2.32. The first kappa shape index (κ1) is 11.8. The zero-order valence-electron chi connectivity index (χ0n) is 10.8. The molecule has 1 saturated carbocycles. The average Bonchev–Trinajstić information content (AvgIpc) is 2.68. The van der Waals surface area contributed by atoms with Crippen molar-refractivity contribution in [1.29, 1.82) is 0 Å². The smallest absolute Gasteiger partial charge is 0.0743 e. The molecule has 1 aliphatic carbocycles. The quantitative estimate of drug-likeness (QED) is 0.590. The second-order valence-electron chi connectivity index (χ2n) is 5.57. The van der Waals surface area contributed by atoms with Crippen LogP contribution in [0.4, 0.5) is 11.4 Å². The fourth-order valence-electron chi connectivity index (χ4n) is 3.48. The van der Waals surface area contributed by atoms with Crippen molar-refractivity contribution in [3.63, 3.8) is 0 Å². The summed E-state index contributed by atoms with van der Waals surface area (Å²) in [6.07, 6.45) is 6.52. The van der Waals surface area contributed by atoms with E-state index in [1.165, 1.54) is 24.1 Å². The molecule has 1 aromatic carbocycles. The Hall–Kier alpha value is -1.22. The summed E-state index contributed by atoms with van der Waals surface area (Å²) >= 11 is 0. The minimum Gasteiger partial charge on any atom is -0.397 e. The minimum atomic E-state index is -0.196. The molecule has 0 spiro atoms. The van der Waals surface area contributed by atoms with Gasteiger partial charge in [0.1, 0.15) is 0 Å². The number of hydrogen-bond acceptors (Lipinski definition) is 3. The van der Waals surface area contributed by atoms with Crippen LogP contribution in [-0.2, 0) is 6.42 Å². The van der Waals surface area contributed by atoms with E-state index in [-0.39, 0.29) is 12.1 Å². The maximum Gasteiger partial charge on any atom is 0.0743 e. The van der Waals surface area contributed by atoms with E-state index in [4.69, 9.17) is 5.73 Å². The van der Waals surface area contributed by atoms with E-state index >= 15 is 0 Å². The van der Waals surface area contributed by atoms with Crippen LogP contribution in [0.3, 0.4) is 0 Å². The van der Waals surface area contributed by atoms with Gasteiger partial charge >= 0.3 is 0 Å². The summed E-state index contributed by atoms with van der Waals surface area (Å²) in [5.41, 5.74) is 9.52. The zero-order valence-corrected chi connectivity index (χ0v) is 10.8. The zero-order chi connectivity index (χ0) is 12.5. The summed E-state index contributed by atoms with van der Waals surface area (Å²) in [5, 5.41) is 10.3. The Morgan fingerprint density at radius 3 is 2.89 bits per heavy atom. The van der Waals surface area contributed by atoms with Gasteiger partial charge in [0.05, 0.1) is 23.5 Å². The molecule has 3 rings (SSSR count). The Labute approximate surface area is 109 Å². The van der Waals surface area contributed by atoms with E-state index in [1.807, 2.05) is 12.1 Å². The topological polar surface area (TPSA) is 49.5 Å². The third-order valence-corrected chi connectivity index (χ3v) is 4.40. The molecule has 1 aliphatic heterocycles. The first-order chi connectivity index (χ1) is 8.77. The van der Waals surface area contributed by atoms with Crippen LogP contribution < -0.4 is 10.6 Å². The number of hydrogen-bond donors (Lipinski definition) is 2. The van der Waals surface area contributed by atoms with E-state index in [0.29, 0.717) is 0 Å². The molecule has 18 heavy (non-hydrogen) atoms. The van der Waals surface area contributed by atoms with Gasteiger partial charge in [-0.3, -0.25) is 0 Å². The number of benzene rings is 1. The molecule has 0 saturated heterocycles. The molecule has 0 radical (unpaired) electrons. The summed E-state index contributed by atoms with van der Waals surface area (Å²) in [7, 11) is 0. The predicted octanol–water partition coefficient (Wildman–Crippen LogP) is 2.32. The fourth-order valence-corrected chi connectivity index (χ4v) is 3.48. The maximum absolute atomic E-state index is 10.3. The van der Waals surface area contributed by atoms with Crippen molar-refractivity contribution < 1.29 is 5.11 Å². The third-order valence-electron chi connectivity index (χ3n) is 4.40. The number of anilines is 2. The van der Waals surface area contributed by atoms with Gasteiger partial charge in [0.25, 0.3) is 0 Å². The molecule has 98 valence electrons. The van der Waals surface area contributed by atoms with Crippen molar-refractivity contribution >= 4 is 11.4 Å². The molecule has 1 aromatic rings. The number of nitrogens with two attached hydrogens (primary N) is 1. The van der Waals surface area contributed by atoms with Crippen LogP contribution in [0.25, 0.3) is 0 Å². The van der Waals surface area contributed by atoms with Gasteiger partial charge in [-0.25, -0.2) is 0 Å². The molecular formula is C15H22N2O. The number of aliphatic hydroxyl groups excluding tert-OH is 1. The van der Waals surface area contributed by atoms with Gasteiger partial charge in [0, 0.05) is 6.54 Å². The van der Waals surface area contributed by atoms with Gasteiger partial charge in [0.15, 0.2) is 0 Å². The Bertz CT molecular complexity index is 433. The van der Waals surface area contributed by atoms with Gasteiger partial charge in [-0.05, 0) is 30.9 Å². The lowest BCUT2D eigenvalue weighted by molar-refractivity contribution is 0.133. The van der Waals surface area contributed by atoms with Crippen molar-refractivity contribution in [2.45, 2.75) is 50.7 Å². The van der Waals surface area contributed by atoms with E-state index in [9.17, 15) is 5.11 Å². The maximum atomic E-state index is 10.3. The monoisotopic (exact) mass is 246 g/mol. The van der Waals surface area contributed by atoms with Gasteiger partial charge in [-0.1, -0.05) is 31.4 Å². The van der Waals surface area contributed by atoms with Crippen LogP contribution in [0.15, 0.2) is 18.2 Å². The van der Waals surface area contributed by atoms with Gasteiger partial charge < -0.3 is 15.7 Å². The van der Waals surface area contributed by atoms with Crippen LogP contribution in [0.1, 0.15) is 37.7 Å². The molecule has 1 heterocycles. The molecule has 0 amide bonds. The lowest BCUT2D eigenvalue weighted by Gasteiger charge is -2.33. The van der Waals surface area contributed by atoms with E-state index in [2.05, 4.69) is 11.0 Å². The molecule has 3 heteroatoms.